The number of carbonyl (C=O) groups is 2. The molecular formula is C20H22F2N2O6S. The highest BCUT2D eigenvalue weighted by Crippen LogP contribution is 2.16. The minimum absolute atomic E-state index is 0.00170. The van der Waals surface area contributed by atoms with Crippen molar-refractivity contribution in [2.75, 3.05) is 27.2 Å². The first-order valence-electron chi connectivity index (χ1n) is 9.10. The zero-order valence-corrected chi connectivity index (χ0v) is 17.7. The van der Waals surface area contributed by atoms with Crippen molar-refractivity contribution in [3.05, 3.63) is 59.7 Å². The maximum atomic E-state index is 12.1. The molecule has 2 aromatic rings. The Morgan fingerprint density at radius 3 is 2.39 bits per heavy atom. The molecule has 31 heavy (non-hydrogen) atoms. The molecule has 8 nitrogen and oxygen atoms in total. The predicted molar refractivity (Wildman–Crippen MR) is 107 cm³/mol. The molecule has 0 bridgehead atoms. The lowest BCUT2D eigenvalue weighted by atomic mass is 10.1. The summed E-state index contributed by atoms with van der Waals surface area (Å²) in [6.45, 7) is -3.19. The first-order chi connectivity index (χ1) is 14.6. The van der Waals surface area contributed by atoms with Gasteiger partial charge in [-0.1, -0.05) is 18.2 Å². The van der Waals surface area contributed by atoms with Gasteiger partial charge in [-0.05, 0) is 42.3 Å². The fraction of sp³-hybridized carbons (Fsp3) is 0.300. The van der Waals surface area contributed by atoms with Gasteiger partial charge >= 0.3 is 12.6 Å². The van der Waals surface area contributed by atoms with Crippen LogP contribution in [-0.2, 0) is 26.0 Å². The molecule has 2 aromatic carbocycles. The molecule has 0 radical (unpaired) electrons. The number of ether oxygens (including phenoxy) is 2. The van der Waals surface area contributed by atoms with Crippen molar-refractivity contribution < 1.29 is 36.3 Å². The molecule has 0 saturated carbocycles. The second-order valence-corrected chi connectivity index (χ2v) is 8.67. The number of esters is 1. The van der Waals surface area contributed by atoms with E-state index in [0.717, 1.165) is 9.87 Å². The lowest BCUT2D eigenvalue weighted by molar-refractivity contribution is -0.124. The summed E-state index contributed by atoms with van der Waals surface area (Å²) >= 11 is 0. The summed E-state index contributed by atoms with van der Waals surface area (Å²) in [6, 6.07) is 11.3. The van der Waals surface area contributed by atoms with Crippen molar-refractivity contribution in [2.45, 2.75) is 17.9 Å². The van der Waals surface area contributed by atoms with Crippen LogP contribution in [0.2, 0.25) is 0 Å². The van der Waals surface area contributed by atoms with Crippen LogP contribution in [0.15, 0.2) is 53.4 Å². The van der Waals surface area contributed by atoms with Gasteiger partial charge in [-0.15, -0.1) is 0 Å². The normalized spacial score (nSPS) is 11.4. The molecule has 0 aliphatic carbocycles. The van der Waals surface area contributed by atoms with Gasteiger partial charge in [-0.25, -0.2) is 17.5 Å². The summed E-state index contributed by atoms with van der Waals surface area (Å²) in [6.07, 6.45) is 0.430. The van der Waals surface area contributed by atoms with Crippen molar-refractivity contribution in [3.63, 3.8) is 0 Å². The third-order valence-corrected chi connectivity index (χ3v) is 5.88. The summed E-state index contributed by atoms with van der Waals surface area (Å²) in [4.78, 5) is 23.9. The average Bonchev–Trinajstić information content (AvgIpc) is 2.73. The van der Waals surface area contributed by atoms with Crippen LogP contribution in [0, 0.1) is 0 Å². The summed E-state index contributed by atoms with van der Waals surface area (Å²) < 4.78 is 58.7. The molecule has 0 spiro atoms. The number of alkyl halides is 2. The van der Waals surface area contributed by atoms with Crippen LogP contribution in [0.3, 0.4) is 0 Å². The van der Waals surface area contributed by atoms with Gasteiger partial charge in [0.2, 0.25) is 10.0 Å². The van der Waals surface area contributed by atoms with Crippen LogP contribution < -0.4 is 10.1 Å². The van der Waals surface area contributed by atoms with E-state index in [9.17, 15) is 26.8 Å². The van der Waals surface area contributed by atoms with Gasteiger partial charge in [-0.2, -0.15) is 8.78 Å². The SMILES string of the molecule is CN(C)S(=O)(=O)c1cccc(C(=O)OCC(=O)NCCc2ccc(OC(F)F)cc2)c1. The molecular weight excluding hydrogens is 434 g/mol. The third-order valence-electron chi connectivity index (χ3n) is 4.07. The number of carbonyl (C=O) groups excluding carboxylic acids is 2. The Labute approximate surface area is 178 Å². The van der Waals surface area contributed by atoms with Gasteiger partial charge in [0.05, 0.1) is 10.5 Å². The fourth-order valence-corrected chi connectivity index (χ4v) is 3.39. The third kappa shape index (κ3) is 7.30. The first kappa shape index (κ1) is 24.2. The number of hydrogen-bond acceptors (Lipinski definition) is 6. The smallest absolute Gasteiger partial charge is 0.387 e. The Kier molecular flexibility index (Phi) is 8.46. The zero-order valence-electron chi connectivity index (χ0n) is 16.9. The van der Waals surface area contributed by atoms with Gasteiger partial charge in [-0.3, -0.25) is 4.79 Å². The summed E-state index contributed by atoms with van der Waals surface area (Å²) in [7, 11) is -0.968. The highest BCUT2D eigenvalue weighted by molar-refractivity contribution is 7.89. The number of benzene rings is 2. The second kappa shape index (κ2) is 10.8. The highest BCUT2D eigenvalue weighted by atomic mass is 32.2. The van der Waals surface area contributed by atoms with E-state index in [-0.39, 0.29) is 22.8 Å². The monoisotopic (exact) mass is 456 g/mol. The van der Waals surface area contributed by atoms with Gasteiger partial charge < -0.3 is 14.8 Å². The second-order valence-electron chi connectivity index (χ2n) is 6.51. The molecule has 0 aliphatic rings. The van der Waals surface area contributed by atoms with E-state index < -0.39 is 35.1 Å². The number of halogens is 2. The van der Waals surface area contributed by atoms with Gasteiger partial charge in [0, 0.05) is 20.6 Å². The molecule has 168 valence electrons. The van der Waals surface area contributed by atoms with Crippen LogP contribution in [0.5, 0.6) is 5.75 Å². The maximum absolute atomic E-state index is 12.1. The van der Waals surface area contributed by atoms with Crippen molar-refractivity contribution in [1.29, 1.82) is 0 Å². The van der Waals surface area contributed by atoms with Crippen molar-refractivity contribution >= 4 is 21.9 Å². The van der Waals surface area contributed by atoms with Crippen molar-refractivity contribution in [3.8, 4) is 5.75 Å². The van der Waals surface area contributed by atoms with E-state index >= 15 is 0 Å². The molecule has 1 amide bonds. The Morgan fingerprint density at radius 2 is 1.77 bits per heavy atom. The number of amides is 1. The van der Waals surface area contributed by atoms with E-state index in [2.05, 4.69) is 10.1 Å². The van der Waals surface area contributed by atoms with Crippen LogP contribution in [-0.4, -0.2) is 58.5 Å². The van der Waals surface area contributed by atoms with E-state index in [1.54, 1.807) is 12.1 Å². The van der Waals surface area contributed by atoms with Crippen molar-refractivity contribution in [2.24, 2.45) is 0 Å². The minimum atomic E-state index is -3.71. The number of sulfonamides is 1. The summed E-state index contributed by atoms with van der Waals surface area (Å²) in [5.41, 5.74) is 0.791. The molecule has 0 fully saturated rings. The molecule has 0 heterocycles. The fourth-order valence-electron chi connectivity index (χ4n) is 2.44. The molecule has 2 rings (SSSR count). The standard InChI is InChI=1S/C20H22F2N2O6S/c1-24(2)31(27,28)17-5-3-4-15(12-17)19(26)29-13-18(25)23-11-10-14-6-8-16(9-7-14)30-20(21)22/h3-9,12,20H,10-11,13H2,1-2H3,(H,23,25). The molecule has 1 N–H and O–H groups in total. The van der Waals surface area contributed by atoms with E-state index in [0.29, 0.717) is 6.42 Å². The molecule has 0 aromatic heterocycles. The van der Waals surface area contributed by atoms with Gasteiger partial charge in [0.1, 0.15) is 5.75 Å². The predicted octanol–water partition coefficient (Wildman–Crippen LogP) is 2.05. The van der Waals surface area contributed by atoms with E-state index in [1.165, 1.54) is 50.5 Å². The van der Waals surface area contributed by atoms with E-state index in [1.807, 2.05) is 0 Å². The molecule has 0 saturated heterocycles. The molecule has 0 unspecified atom stereocenters. The highest BCUT2D eigenvalue weighted by Gasteiger charge is 2.19. The lowest BCUT2D eigenvalue weighted by Crippen LogP contribution is -2.30. The zero-order chi connectivity index (χ0) is 23.0. The number of hydrogen-bond donors (Lipinski definition) is 1. The average molecular weight is 456 g/mol. The Bertz CT molecular complexity index is 1010. The Morgan fingerprint density at radius 1 is 1.10 bits per heavy atom. The molecule has 0 aliphatic heterocycles. The van der Waals surface area contributed by atoms with Crippen LogP contribution in [0.25, 0.3) is 0 Å². The Hall–Kier alpha value is -3.05. The van der Waals surface area contributed by atoms with Crippen molar-refractivity contribution in [1.82, 2.24) is 9.62 Å². The lowest BCUT2D eigenvalue weighted by Gasteiger charge is -2.12. The topological polar surface area (TPSA) is 102 Å². The van der Waals surface area contributed by atoms with E-state index in [4.69, 9.17) is 4.74 Å². The van der Waals surface area contributed by atoms with Gasteiger partial charge in [0.15, 0.2) is 6.61 Å². The number of nitrogens with zero attached hydrogens (tertiary/aromatic N) is 1. The van der Waals surface area contributed by atoms with Crippen LogP contribution in [0.1, 0.15) is 15.9 Å². The quantitative estimate of drug-likeness (QED) is 0.549. The molecule has 11 heteroatoms. The minimum Gasteiger partial charge on any atom is -0.452 e. The number of rotatable bonds is 10. The van der Waals surface area contributed by atoms with Gasteiger partial charge in [0.25, 0.3) is 5.91 Å². The first-order valence-corrected chi connectivity index (χ1v) is 10.5. The molecule has 0 atom stereocenters. The largest absolute Gasteiger partial charge is 0.452 e. The number of nitrogens with one attached hydrogen (secondary N) is 1. The Balaban J connectivity index is 1.80. The van der Waals surface area contributed by atoms with Crippen LogP contribution >= 0.6 is 0 Å². The van der Waals surface area contributed by atoms with Crippen LogP contribution in [0.4, 0.5) is 8.78 Å². The summed E-state index contributed by atoms with van der Waals surface area (Å²) in [5.74, 6) is -1.33. The maximum Gasteiger partial charge on any atom is 0.387 e. The summed E-state index contributed by atoms with van der Waals surface area (Å²) in [5, 5.41) is 2.57.